The summed E-state index contributed by atoms with van der Waals surface area (Å²) in [6, 6.07) is 17.6. The minimum atomic E-state index is -4.00. The van der Waals surface area contributed by atoms with Gasteiger partial charge in [-0.1, -0.05) is 84.5 Å². The number of nitrogens with one attached hydrogen (secondary N) is 1. The molecule has 0 aromatic heterocycles. The lowest BCUT2D eigenvalue weighted by Crippen LogP contribution is -2.53. The van der Waals surface area contributed by atoms with E-state index in [2.05, 4.69) is 5.32 Å². The highest BCUT2D eigenvalue weighted by Gasteiger charge is 2.34. The molecular weight excluding hydrogens is 621 g/mol. The molecule has 0 saturated heterocycles. The number of unbranched alkanes of at least 4 members (excludes halogenated alkanes) is 1. The van der Waals surface area contributed by atoms with Crippen LogP contribution in [-0.4, -0.2) is 57.6 Å². The van der Waals surface area contributed by atoms with Crippen LogP contribution in [0, 0.1) is 0 Å². The second-order valence-corrected chi connectivity index (χ2v) is 12.9. The van der Waals surface area contributed by atoms with Crippen LogP contribution in [0.2, 0.25) is 15.1 Å². The van der Waals surface area contributed by atoms with Crippen molar-refractivity contribution in [3.8, 4) is 5.75 Å². The molecule has 0 aliphatic rings. The number of halogens is 3. The summed E-state index contributed by atoms with van der Waals surface area (Å²) in [5.41, 5.74) is 1.46. The third-order valence-electron chi connectivity index (χ3n) is 6.55. The summed E-state index contributed by atoms with van der Waals surface area (Å²) >= 11 is 18.8. The van der Waals surface area contributed by atoms with Crippen molar-refractivity contribution in [1.29, 1.82) is 0 Å². The van der Waals surface area contributed by atoms with Gasteiger partial charge in [-0.25, -0.2) is 8.42 Å². The molecule has 0 spiro atoms. The summed E-state index contributed by atoms with van der Waals surface area (Å²) in [5, 5.41) is 3.91. The molecule has 3 aromatic carbocycles. The van der Waals surface area contributed by atoms with Gasteiger partial charge in [0.1, 0.15) is 18.3 Å². The molecule has 1 atom stereocenters. The Bertz CT molecular complexity index is 1490. The van der Waals surface area contributed by atoms with Crippen molar-refractivity contribution >= 4 is 62.3 Å². The Morgan fingerprint density at radius 1 is 0.976 bits per heavy atom. The maximum absolute atomic E-state index is 14.2. The quantitative estimate of drug-likeness (QED) is 0.216. The first-order chi connectivity index (χ1) is 19.9. The summed E-state index contributed by atoms with van der Waals surface area (Å²) in [6.45, 7) is 1.75. The number of carbonyl (C=O) groups excluding carboxylic acids is 2. The summed E-state index contributed by atoms with van der Waals surface area (Å²) in [4.78, 5) is 29.2. The van der Waals surface area contributed by atoms with Gasteiger partial charge in [-0.05, 0) is 47.9 Å². The maximum Gasteiger partial charge on any atom is 0.244 e. The highest BCUT2D eigenvalue weighted by molar-refractivity contribution is 7.92. The number of carbonyl (C=O) groups is 2. The predicted molar refractivity (Wildman–Crippen MR) is 169 cm³/mol. The summed E-state index contributed by atoms with van der Waals surface area (Å²) in [5.74, 6) is -0.778. The number of hydrogen-bond acceptors (Lipinski definition) is 5. The Morgan fingerprint density at radius 3 is 2.26 bits per heavy atom. The number of benzene rings is 3. The first-order valence-corrected chi connectivity index (χ1v) is 16.3. The zero-order valence-corrected chi connectivity index (χ0v) is 26.7. The second kappa shape index (κ2) is 15.5. The van der Waals surface area contributed by atoms with Crippen LogP contribution in [0.1, 0.15) is 30.9 Å². The fraction of sp³-hybridized carbons (Fsp3) is 0.333. The molecule has 8 nitrogen and oxygen atoms in total. The van der Waals surface area contributed by atoms with E-state index in [9.17, 15) is 18.0 Å². The molecule has 1 N–H and O–H groups in total. The molecule has 226 valence electrons. The van der Waals surface area contributed by atoms with E-state index in [0.29, 0.717) is 22.2 Å². The fourth-order valence-corrected chi connectivity index (χ4v) is 5.83. The molecule has 0 fully saturated rings. The van der Waals surface area contributed by atoms with E-state index in [1.807, 2.05) is 37.3 Å². The summed E-state index contributed by atoms with van der Waals surface area (Å²) in [7, 11) is -2.61. The average molecular weight is 655 g/mol. The van der Waals surface area contributed by atoms with E-state index in [4.69, 9.17) is 39.5 Å². The normalized spacial score (nSPS) is 12.0. The number of ether oxygens (including phenoxy) is 1. The van der Waals surface area contributed by atoms with Crippen LogP contribution in [0.4, 0.5) is 5.69 Å². The standard InChI is InChI=1S/C30H34Cl3N3O5S/c1-4-5-15-34-30(38)27(16-21-9-7-6-8-10-21)35(19-22-11-12-23(31)17-25(22)33)29(37)20-36(42(3,39)40)26-18-24(32)13-14-28(26)41-2/h6-14,17-18,27H,4-5,15-16,19-20H2,1-3H3,(H,34,38)/t27-/m1/s1. The van der Waals surface area contributed by atoms with Gasteiger partial charge in [0.25, 0.3) is 0 Å². The Kier molecular flexibility index (Phi) is 12.4. The molecule has 0 bridgehead atoms. The molecule has 12 heteroatoms. The van der Waals surface area contributed by atoms with Crippen molar-refractivity contribution in [3.05, 3.63) is 92.9 Å². The number of hydrogen-bond donors (Lipinski definition) is 1. The average Bonchev–Trinajstić information content (AvgIpc) is 2.94. The predicted octanol–water partition coefficient (Wildman–Crippen LogP) is 5.98. The highest BCUT2D eigenvalue weighted by atomic mass is 35.5. The van der Waals surface area contributed by atoms with Crippen molar-refractivity contribution in [2.75, 3.05) is 30.8 Å². The number of anilines is 1. The molecule has 0 unspecified atom stereocenters. The van der Waals surface area contributed by atoms with E-state index in [1.165, 1.54) is 24.1 Å². The van der Waals surface area contributed by atoms with Crippen LogP contribution < -0.4 is 14.4 Å². The zero-order valence-electron chi connectivity index (χ0n) is 23.6. The molecule has 3 aromatic rings. The van der Waals surface area contributed by atoms with E-state index in [1.54, 1.807) is 24.3 Å². The minimum Gasteiger partial charge on any atom is -0.495 e. The van der Waals surface area contributed by atoms with Gasteiger partial charge in [0, 0.05) is 34.6 Å². The van der Waals surface area contributed by atoms with E-state index in [-0.39, 0.29) is 35.3 Å². The molecule has 42 heavy (non-hydrogen) atoms. The Labute approximate surface area is 262 Å². The minimum absolute atomic E-state index is 0.0716. The summed E-state index contributed by atoms with van der Waals surface area (Å²) < 4.78 is 32.4. The van der Waals surface area contributed by atoms with Crippen molar-refractivity contribution < 1.29 is 22.7 Å². The number of rotatable bonds is 14. The van der Waals surface area contributed by atoms with E-state index < -0.39 is 28.5 Å². The fourth-order valence-electron chi connectivity index (χ4n) is 4.35. The monoisotopic (exact) mass is 653 g/mol. The van der Waals surface area contributed by atoms with Crippen LogP contribution in [0.3, 0.4) is 0 Å². The smallest absolute Gasteiger partial charge is 0.244 e. The van der Waals surface area contributed by atoms with Crippen LogP contribution in [-0.2, 0) is 32.6 Å². The van der Waals surface area contributed by atoms with Crippen molar-refractivity contribution in [3.63, 3.8) is 0 Å². The lowest BCUT2D eigenvalue weighted by atomic mass is 10.0. The van der Waals surface area contributed by atoms with Crippen LogP contribution in [0.5, 0.6) is 5.75 Å². The van der Waals surface area contributed by atoms with Gasteiger partial charge < -0.3 is 15.0 Å². The molecule has 0 heterocycles. The maximum atomic E-state index is 14.2. The number of methoxy groups -OCH3 is 1. The topological polar surface area (TPSA) is 96.0 Å². The van der Waals surface area contributed by atoms with Gasteiger partial charge in [-0.2, -0.15) is 0 Å². The Hall–Kier alpha value is -2.98. The lowest BCUT2D eigenvalue weighted by Gasteiger charge is -2.34. The highest BCUT2D eigenvalue weighted by Crippen LogP contribution is 2.33. The van der Waals surface area contributed by atoms with Crippen LogP contribution in [0.25, 0.3) is 0 Å². The molecule has 0 saturated carbocycles. The third kappa shape index (κ3) is 9.26. The second-order valence-electron chi connectivity index (χ2n) is 9.69. The molecule has 0 radical (unpaired) electrons. The lowest BCUT2D eigenvalue weighted by molar-refractivity contribution is -0.140. The van der Waals surface area contributed by atoms with Crippen molar-refractivity contribution in [2.45, 2.75) is 38.8 Å². The SMILES string of the molecule is CCCCNC(=O)[C@@H](Cc1ccccc1)N(Cc1ccc(Cl)cc1Cl)C(=O)CN(c1cc(Cl)ccc1OC)S(C)(=O)=O. The summed E-state index contributed by atoms with van der Waals surface area (Å²) in [6.07, 6.45) is 2.81. The zero-order chi connectivity index (χ0) is 30.9. The largest absolute Gasteiger partial charge is 0.495 e. The van der Waals surface area contributed by atoms with E-state index in [0.717, 1.165) is 29.0 Å². The molecule has 0 aliphatic carbocycles. The van der Waals surface area contributed by atoms with Gasteiger partial charge in [-0.15, -0.1) is 0 Å². The Morgan fingerprint density at radius 2 is 1.64 bits per heavy atom. The van der Waals surface area contributed by atoms with Crippen molar-refractivity contribution in [2.24, 2.45) is 0 Å². The van der Waals surface area contributed by atoms with Crippen molar-refractivity contribution in [1.82, 2.24) is 10.2 Å². The number of sulfonamides is 1. The van der Waals surface area contributed by atoms with Gasteiger partial charge in [0.2, 0.25) is 21.8 Å². The Balaban J connectivity index is 2.10. The molecule has 3 rings (SSSR count). The van der Waals surface area contributed by atoms with Gasteiger partial charge in [0.15, 0.2) is 0 Å². The van der Waals surface area contributed by atoms with Gasteiger partial charge in [0.05, 0.1) is 19.1 Å². The van der Waals surface area contributed by atoms with Crippen LogP contribution >= 0.6 is 34.8 Å². The van der Waals surface area contributed by atoms with Gasteiger partial charge in [-0.3, -0.25) is 13.9 Å². The first kappa shape index (κ1) is 33.5. The number of amides is 2. The van der Waals surface area contributed by atoms with Crippen LogP contribution in [0.15, 0.2) is 66.7 Å². The van der Waals surface area contributed by atoms with Gasteiger partial charge >= 0.3 is 0 Å². The number of nitrogens with zero attached hydrogens (tertiary/aromatic N) is 2. The third-order valence-corrected chi connectivity index (χ3v) is 8.49. The molecular formula is C30H34Cl3N3O5S. The molecule has 0 aliphatic heterocycles. The molecule has 2 amide bonds. The first-order valence-electron chi connectivity index (χ1n) is 13.3. The van der Waals surface area contributed by atoms with E-state index >= 15 is 0 Å².